The van der Waals surface area contributed by atoms with Gasteiger partial charge in [-0.2, -0.15) is 0 Å². The molecule has 0 spiro atoms. The van der Waals surface area contributed by atoms with E-state index in [1.165, 1.54) is 0 Å². The minimum absolute atomic E-state index is 0.561. The van der Waals surface area contributed by atoms with E-state index in [4.69, 9.17) is 4.42 Å². The average molecular weight is 265 g/mol. The van der Waals surface area contributed by atoms with E-state index < -0.39 is 0 Å². The van der Waals surface area contributed by atoms with Crippen LogP contribution in [0.5, 0.6) is 0 Å². The summed E-state index contributed by atoms with van der Waals surface area (Å²) >= 11 is 0. The van der Waals surface area contributed by atoms with Crippen LogP contribution in [0.15, 0.2) is 53.4 Å². The molecule has 0 radical (unpaired) electrons. The zero-order valence-corrected chi connectivity index (χ0v) is 10.5. The van der Waals surface area contributed by atoms with Gasteiger partial charge in [-0.1, -0.05) is 12.1 Å². The van der Waals surface area contributed by atoms with Gasteiger partial charge in [-0.05, 0) is 24.3 Å². The number of anilines is 1. The molecule has 0 saturated carbocycles. The number of fused-ring (bicyclic) bond motifs is 3. The third-order valence-electron chi connectivity index (χ3n) is 3.15. The molecule has 1 aromatic carbocycles. The summed E-state index contributed by atoms with van der Waals surface area (Å²) in [6, 6.07) is 11.6. The molecule has 3 heterocycles. The highest BCUT2D eigenvalue weighted by Gasteiger charge is 2.09. The minimum atomic E-state index is 0.561. The predicted molar refractivity (Wildman–Crippen MR) is 74.3 cm³/mol. The van der Waals surface area contributed by atoms with E-state index in [-0.39, 0.29) is 0 Å². The number of furan rings is 1. The van der Waals surface area contributed by atoms with Gasteiger partial charge in [0.15, 0.2) is 5.65 Å². The highest BCUT2D eigenvalue weighted by molar-refractivity contribution is 5.92. The molecular weight excluding hydrogens is 254 g/mol. The fraction of sp³-hybridized carbons (Fsp3) is 0.0714. The number of nitrogens with one attached hydrogen (secondary N) is 1. The highest BCUT2D eigenvalue weighted by Crippen LogP contribution is 2.20. The van der Waals surface area contributed by atoms with Gasteiger partial charge >= 0.3 is 0 Å². The van der Waals surface area contributed by atoms with Gasteiger partial charge in [0.05, 0.1) is 18.3 Å². The second kappa shape index (κ2) is 4.34. The molecule has 6 heteroatoms. The molecule has 0 fully saturated rings. The van der Waals surface area contributed by atoms with Crippen LogP contribution in [0.4, 0.5) is 5.95 Å². The van der Waals surface area contributed by atoms with Crippen LogP contribution in [0.3, 0.4) is 0 Å². The highest BCUT2D eigenvalue weighted by atomic mass is 16.3. The van der Waals surface area contributed by atoms with Crippen LogP contribution in [-0.2, 0) is 6.54 Å². The molecule has 98 valence electrons. The van der Waals surface area contributed by atoms with Gasteiger partial charge in [0.2, 0.25) is 5.95 Å². The van der Waals surface area contributed by atoms with Crippen molar-refractivity contribution in [3.05, 3.63) is 54.7 Å². The average Bonchev–Trinajstić information content (AvgIpc) is 3.16. The Kier molecular flexibility index (Phi) is 2.38. The SMILES string of the molecule is c1coc(CNc2nc3ccccc3c3nncn23)c1. The lowest BCUT2D eigenvalue weighted by Gasteiger charge is -2.08. The van der Waals surface area contributed by atoms with Gasteiger partial charge in [0.1, 0.15) is 12.1 Å². The first-order chi connectivity index (χ1) is 9.92. The maximum Gasteiger partial charge on any atom is 0.210 e. The molecule has 6 nitrogen and oxygen atoms in total. The molecule has 0 amide bonds. The normalized spacial score (nSPS) is 11.2. The van der Waals surface area contributed by atoms with E-state index in [2.05, 4.69) is 20.5 Å². The lowest BCUT2D eigenvalue weighted by molar-refractivity contribution is 0.517. The fourth-order valence-corrected chi connectivity index (χ4v) is 2.21. The molecule has 0 aliphatic heterocycles. The maximum absolute atomic E-state index is 5.31. The van der Waals surface area contributed by atoms with Gasteiger partial charge in [-0.15, -0.1) is 10.2 Å². The molecule has 0 aliphatic rings. The molecule has 0 saturated heterocycles. The Morgan fingerprint density at radius 3 is 3.00 bits per heavy atom. The summed E-state index contributed by atoms with van der Waals surface area (Å²) < 4.78 is 7.14. The monoisotopic (exact) mass is 265 g/mol. The van der Waals surface area contributed by atoms with E-state index in [1.807, 2.05) is 40.8 Å². The summed E-state index contributed by atoms with van der Waals surface area (Å²) in [7, 11) is 0. The molecule has 1 N–H and O–H groups in total. The third kappa shape index (κ3) is 1.70. The van der Waals surface area contributed by atoms with Crippen LogP contribution in [0.1, 0.15) is 5.76 Å². The number of para-hydroxylation sites is 1. The van der Waals surface area contributed by atoms with Crippen molar-refractivity contribution in [1.82, 2.24) is 19.6 Å². The first-order valence-electron chi connectivity index (χ1n) is 6.26. The Balaban J connectivity index is 1.82. The Morgan fingerprint density at radius 2 is 2.10 bits per heavy atom. The lowest BCUT2D eigenvalue weighted by atomic mass is 10.2. The molecule has 4 rings (SSSR count). The summed E-state index contributed by atoms with van der Waals surface area (Å²) in [5.74, 6) is 1.54. The molecule has 4 aromatic rings. The van der Waals surface area contributed by atoms with Crippen LogP contribution in [0, 0.1) is 0 Å². The lowest BCUT2D eigenvalue weighted by Crippen LogP contribution is -2.06. The predicted octanol–water partition coefficient (Wildman–Crippen LogP) is 2.48. The van der Waals surface area contributed by atoms with Gasteiger partial charge in [0.25, 0.3) is 0 Å². The van der Waals surface area contributed by atoms with Crippen molar-refractivity contribution in [2.45, 2.75) is 6.54 Å². The van der Waals surface area contributed by atoms with E-state index >= 15 is 0 Å². The Morgan fingerprint density at radius 1 is 1.15 bits per heavy atom. The maximum atomic E-state index is 5.31. The van der Waals surface area contributed by atoms with E-state index in [1.54, 1.807) is 12.6 Å². The van der Waals surface area contributed by atoms with Gasteiger partial charge < -0.3 is 9.73 Å². The van der Waals surface area contributed by atoms with E-state index in [0.29, 0.717) is 12.5 Å². The summed E-state index contributed by atoms with van der Waals surface area (Å²) in [5.41, 5.74) is 1.67. The van der Waals surface area contributed by atoms with Crippen LogP contribution in [0.2, 0.25) is 0 Å². The smallest absolute Gasteiger partial charge is 0.210 e. The Labute approximate surface area is 114 Å². The van der Waals surface area contributed by atoms with Crippen molar-refractivity contribution < 1.29 is 4.42 Å². The van der Waals surface area contributed by atoms with Crippen molar-refractivity contribution in [1.29, 1.82) is 0 Å². The van der Waals surface area contributed by atoms with Crippen molar-refractivity contribution in [3.8, 4) is 0 Å². The zero-order valence-electron chi connectivity index (χ0n) is 10.5. The first kappa shape index (κ1) is 11.0. The van der Waals surface area contributed by atoms with Crippen LogP contribution in [0.25, 0.3) is 16.6 Å². The van der Waals surface area contributed by atoms with Gasteiger partial charge in [-0.3, -0.25) is 4.40 Å². The number of hydrogen-bond donors (Lipinski definition) is 1. The third-order valence-corrected chi connectivity index (χ3v) is 3.15. The Bertz CT molecular complexity index is 866. The van der Waals surface area contributed by atoms with Crippen molar-refractivity contribution >= 4 is 22.5 Å². The number of rotatable bonds is 3. The number of hydrogen-bond acceptors (Lipinski definition) is 5. The van der Waals surface area contributed by atoms with Crippen LogP contribution in [-0.4, -0.2) is 19.6 Å². The fourth-order valence-electron chi connectivity index (χ4n) is 2.21. The summed E-state index contributed by atoms with van der Waals surface area (Å²) in [4.78, 5) is 4.61. The topological polar surface area (TPSA) is 68.2 Å². The van der Waals surface area contributed by atoms with Gasteiger partial charge in [0, 0.05) is 5.39 Å². The van der Waals surface area contributed by atoms with E-state index in [0.717, 1.165) is 22.3 Å². The first-order valence-corrected chi connectivity index (χ1v) is 6.26. The van der Waals surface area contributed by atoms with Crippen molar-refractivity contribution in [2.75, 3.05) is 5.32 Å². The van der Waals surface area contributed by atoms with Crippen LogP contribution >= 0.6 is 0 Å². The molecule has 0 atom stereocenters. The zero-order chi connectivity index (χ0) is 13.4. The largest absolute Gasteiger partial charge is 0.467 e. The quantitative estimate of drug-likeness (QED) is 0.616. The summed E-state index contributed by atoms with van der Waals surface area (Å²) in [6.45, 7) is 0.561. The van der Waals surface area contributed by atoms with E-state index in [9.17, 15) is 0 Å². The molecule has 0 aliphatic carbocycles. The standard InChI is InChI=1S/C14H11N5O/c1-2-6-12-11(5-1)13-18-16-9-19(13)14(17-12)15-8-10-4-3-7-20-10/h1-7,9H,8H2,(H,15,17). The minimum Gasteiger partial charge on any atom is -0.467 e. The molecule has 3 aromatic heterocycles. The number of aromatic nitrogens is 4. The molecular formula is C14H11N5O. The molecule has 0 bridgehead atoms. The number of benzene rings is 1. The summed E-state index contributed by atoms with van der Waals surface area (Å²) in [5, 5.41) is 12.4. The molecule has 0 unspecified atom stereocenters. The Hall–Kier alpha value is -2.89. The van der Waals surface area contributed by atoms with Crippen molar-refractivity contribution in [3.63, 3.8) is 0 Å². The summed E-state index contributed by atoms with van der Waals surface area (Å²) in [6.07, 6.45) is 3.30. The number of nitrogens with zero attached hydrogens (tertiary/aromatic N) is 4. The molecule has 20 heavy (non-hydrogen) atoms. The van der Waals surface area contributed by atoms with Crippen LogP contribution < -0.4 is 5.32 Å². The van der Waals surface area contributed by atoms with Gasteiger partial charge in [-0.25, -0.2) is 4.98 Å². The van der Waals surface area contributed by atoms with Crippen molar-refractivity contribution in [2.24, 2.45) is 0 Å². The second-order valence-electron chi connectivity index (χ2n) is 4.41. The second-order valence-corrected chi connectivity index (χ2v) is 4.41.